The molecule has 1 atom stereocenters. The van der Waals surface area contributed by atoms with Crippen LogP contribution < -0.4 is 0 Å². The molecule has 0 amide bonds. The summed E-state index contributed by atoms with van der Waals surface area (Å²) in [5.41, 5.74) is 3.62. The van der Waals surface area contributed by atoms with E-state index in [4.69, 9.17) is 0 Å². The van der Waals surface area contributed by atoms with Crippen molar-refractivity contribution in [2.24, 2.45) is 5.92 Å². The molecule has 1 aromatic rings. The molecule has 1 aromatic carbocycles. The summed E-state index contributed by atoms with van der Waals surface area (Å²) in [5.74, 6) is 0.860. The number of aliphatic hydroxyl groups is 1. The Morgan fingerprint density at radius 1 is 1.17 bits per heavy atom. The van der Waals surface area contributed by atoms with Gasteiger partial charge in [0.2, 0.25) is 0 Å². The highest BCUT2D eigenvalue weighted by Crippen LogP contribution is 2.31. The lowest BCUT2D eigenvalue weighted by Gasteiger charge is -2.23. The van der Waals surface area contributed by atoms with Crippen molar-refractivity contribution in [1.82, 2.24) is 0 Å². The van der Waals surface area contributed by atoms with Crippen LogP contribution in [0.25, 0.3) is 0 Å². The summed E-state index contributed by atoms with van der Waals surface area (Å²) >= 11 is 0. The first-order valence-corrected chi connectivity index (χ1v) is 7.42. The predicted molar refractivity (Wildman–Crippen MR) is 76.7 cm³/mol. The summed E-state index contributed by atoms with van der Waals surface area (Å²) in [6.45, 7) is 4.21. The molecule has 0 heterocycles. The number of hydrogen-bond acceptors (Lipinski definition) is 1. The van der Waals surface area contributed by atoms with Crippen molar-refractivity contribution >= 4 is 0 Å². The van der Waals surface area contributed by atoms with E-state index < -0.39 is 0 Å². The van der Waals surface area contributed by atoms with E-state index in [-0.39, 0.29) is 6.10 Å². The van der Waals surface area contributed by atoms with Gasteiger partial charge in [-0.25, -0.2) is 0 Å². The van der Waals surface area contributed by atoms with E-state index in [1.54, 1.807) is 0 Å². The van der Waals surface area contributed by atoms with Crippen LogP contribution in [0.15, 0.2) is 18.2 Å². The van der Waals surface area contributed by atoms with Gasteiger partial charge in [0.1, 0.15) is 0 Å². The molecule has 0 aromatic heterocycles. The van der Waals surface area contributed by atoms with Crippen LogP contribution in [0.4, 0.5) is 0 Å². The topological polar surface area (TPSA) is 20.2 Å². The van der Waals surface area contributed by atoms with Gasteiger partial charge in [0.15, 0.2) is 0 Å². The summed E-state index contributed by atoms with van der Waals surface area (Å²) in [4.78, 5) is 0. The average Bonchev–Trinajstić information content (AvgIpc) is 2.37. The second kappa shape index (κ2) is 6.38. The van der Waals surface area contributed by atoms with Crippen molar-refractivity contribution in [2.45, 2.75) is 64.9 Å². The molecule has 1 fully saturated rings. The van der Waals surface area contributed by atoms with Crippen LogP contribution in [0, 0.1) is 19.8 Å². The van der Waals surface area contributed by atoms with Crippen molar-refractivity contribution < 1.29 is 5.11 Å². The van der Waals surface area contributed by atoms with Gasteiger partial charge in [0, 0.05) is 0 Å². The van der Waals surface area contributed by atoms with Gasteiger partial charge in [-0.1, -0.05) is 55.9 Å². The van der Waals surface area contributed by atoms with E-state index in [0.29, 0.717) is 0 Å². The predicted octanol–water partition coefficient (Wildman–Crippen LogP) is 4.70. The van der Waals surface area contributed by atoms with Crippen molar-refractivity contribution in [3.63, 3.8) is 0 Å². The van der Waals surface area contributed by atoms with E-state index in [0.717, 1.165) is 17.9 Å². The van der Waals surface area contributed by atoms with Gasteiger partial charge in [0.05, 0.1) is 6.10 Å². The lowest BCUT2D eigenvalue weighted by atomic mass is 9.84. The van der Waals surface area contributed by atoms with Crippen LogP contribution in [-0.4, -0.2) is 5.11 Å². The number of aryl methyl sites for hydroxylation is 2. The molecule has 0 aliphatic heterocycles. The Labute approximate surface area is 111 Å². The van der Waals surface area contributed by atoms with Crippen molar-refractivity contribution in [3.8, 4) is 0 Å². The Balaban J connectivity index is 1.88. The van der Waals surface area contributed by atoms with Gasteiger partial charge >= 0.3 is 0 Å². The molecule has 2 rings (SSSR count). The molecule has 1 aliphatic carbocycles. The molecule has 0 saturated heterocycles. The Hall–Kier alpha value is -0.820. The number of rotatable bonds is 4. The Morgan fingerprint density at radius 2 is 1.89 bits per heavy atom. The number of hydrogen-bond donors (Lipinski definition) is 1. The second-order valence-corrected chi connectivity index (χ2v) is 5.96. The fourth-order valence-corrected chi connectivity index (χ4v) is 3.22. The van der Waals surface area contributed by atoms with Crippen LogP contribution in [0.3, 0.4) is 0 Å². The molecule has 1 heteroatoms. The maximum Gasteiger partial charge on any atom is 0.0792 e. The summed E-state index contributed by atoms with van der Waals surface area (Å²) in [6.07, 6.45) is 8.79. The molecule has 1 unspecified atom stereocenters. The second-order valence-electron chi connectivity index (χ2n) is 5.96. The summed E-state index contributed by atoms with van der Waals surface area (Å²) < 4.78 is 0. The molecule has 1 nitrogen and oxygen atoms in total. The van der Waals surface area contributed by atoms with E-state index in [9.17, 15) is 5.11 Å². The van der Waals surface area contributed by atoms with Gasteiger partial charge in [-0.3, -0.25) is 0 Å². The zero-order chi connectivity index (χ0) is 13.0. The quantitative estimate of drug-likeness (QED) is 0.816. The van der Waals surface area contributed by atoms with E-state index in [2.05, 4.69) is 32.0 Å². The van der Waals surface area contributed by atoms with Gasteiger partial charge in [-0.05, 0) is 43.7 Å². The molecule has 1 N–H and O–H groups in total. The normalized spacial score (nSPS) is 18.8. The molecule has 0 bridgehead atoms. The molecule has 1 saturated carbocycles. The van der Waals surface area contributed by atoms with Crippen LogP contribution in [0.1, 0.15) is 67.7 Å². The van der Waals surface area contributed by atoms with E-state index in [1.807, 2.05) is 0 Å². The third-order valence-electron chi connectivity index (χ3n) is 4.36. The largest absolute Gasteiger partial charge is 0.388 e. The molecule has 1 aliphatic rings. The Kier molecular flexibility index (Phi) is 4.82. The standard InChI is InChI=1S/C17H26O/c1-13-8-10-16(14(2)12-13)17(18)11-9-15-6-4-3-5-7-15/h8,10,12,15,17-18H,3-7,9,11H2,1-2H3. The SMILES string of the molecule is Cc1ccc(C(O)CCC2CCCCC2)c(C)c1. The fraction of sp³-hybridized carbons (Fsp3) is 0.647. The van der Waals surface area contributed by atoms with Gasteiger partial charge in [-0.15, -0.1) is 0 Å². The molecule has 0 radical (unpaired) electrons. The third-order valence-corrected chi connectivity index (χ3v) is 4.36. The highest BCUT2D eigenvalue weighted by Gasteiger charge is 2.16. The fourth-order valence-electron chi connectivity index (χ4n) is 3.22. The van der Waals surface area contributed by atoms with Crippen LogP contribution >= 0.6 is 0 Å². The molecule has 100 valence electrons. The number of aliphatic hydroxyl groups excluding tert-OH is 1. The maximum absolute atomic E-state index is 10.3. The lowest BCUT2D eigenvalue weighted by molar-refractivity contribution is 0.150. The Morgan fingerprint density at radius 3 is 2.56 bits per heavy atom. The van der Waals surface area contributed by atoms with Gasteiger partial charge in [0.25, 0.3) is 0 Å². The van der Waals surface area contributed by atoms with Crippen molar-refractivity contribution in [2.75, 3.05) is 0 Å². The minimum atomic E-state index is -0.271. The molecule has 18 heavy (non-hydrogen) atoms. The molecule has 0 spiro atoms. The van der Waals surface area contributed by atoms with Crippen LogP contribution in [0.5, 0.6) is 0 Å². The first-order valence-electron chi connectivity index (χ1n) is 7.42. The Bertz CT molecular complexity index is 377. The van der Waals surface area contributed by atoms with Crippen molar-refractivity contribution in [1.29, 1.82) is 0 Å². The maximum atomic E-state index is 10.3. The van der Waals surface area contributed by atoms with E-state index in [1.165, 1.54) is 49.7 Å². The average molecular weight is 246 g/mol. The van der Waals surface area contributed by atoms with Crippen molar-refractivity contribution in [3.05, 3.63) is 34.9 Å². The van der Waals surface area contributed by atoms with Gasteiger partial charge in [-0.2, -0.15) is 0 Å². The van der Waals surface area contributed by atoms with Crippen LogP contribution in [-0.2, 0) is 0 Å². The smallest absolute Gasteiger partial charge is 0.0792 e. The summed E-state index contributed by atoms with van der Waals surface area (Å²) in [7, 11) is 0. The van der Waals surface area contributed by atoms with Crippen LogP contribution in [0.2, 0.25) is 0 Å². The third kappa shape index (κ3) is 3.58. The highest BCUT2D eigenvalue weighted by molar-refractivity contribution is 5.31. The lowest BCUT2D eigenvalue weighted by Crippen LogP contribution is -2.09. The highest BCUT2D eigenvalue weighted by atomic mass is 16.3. The zero-order valence-electron chi connectivity index (χ0n) is 11.8. The minimum Gasteiger partial charge on any atom is -0.388 e. The zero-order valence-corrected chi connectivity index (χ0v) is 11.8. The van der Waals surface area contributed by atoms with Gasteiger partial charge < -0.3 is 5.11 Å². The van der Waals surface area contributed by atoms with E-state index >= 15 is 0 Å². The summed E-state index contributed by atoms with van der Waals surface area (Å²) in [5, 5.41) is 10.3. The first-order chi connectivity index (χ1) is 8.66. The minimum absolute atomic E-state index is 0.271. The monoisotopic (exact) mass is 246 g/mol. The first kappa shape index (κ1) is 13.6. The molecular weight excluding hydrogens is 220 g/mol. The molecular formula is C17H26O. The number of benzene rings is 1. The summed E-state index contributed by atoms with van der Waals surface area (Å²) in [6, 6.07) is 6.36.